The van der Waals surface area contributed by atoms with Crippen molar-refractivity contribution in [2.24, 2.45) is 0 Å². The number of esters is 1. The fraction of sp³-hybridized carbons (Fsp3) is 0.154. The van der Waals surface area contributed by atoms with Gasteiger partial charge in [0.15, 0.2) is 23.9 Å². The zero-order chi connectivity index (χ0) is 25.1. The van der Waals surface area contributed by atoms with Gasteiger partial charge in [-0.05, 0) is 43.3 Å². The Morgan fingerprint density at radius 1 is 0.972 bits per heavy atom. The lowest BCUT2D eigenvalue weighted by molar-refractivity contribution is -0.123. The van der Waals surface area contributed by atoms with Crippen LogP contribution in [0.1, 0.15) is 16.1 Å². The Hall–Kier alpha value is -4.86. The molecule has 1 aliphatic heterocycles. The van der Waals surface area contributed by atoms with Gasteiger partial charge in [0.25, 0.3) is 5.91 Å². The van der Waals surface area contributed by atoms with Gasteiger partial charge in [0.05, 0.1) is 11.1 Å². The van der Waals surface area contributed by atoms with Crippen molar-refractivity contribution in [2.75, 3.05) is 25.1 Å². The molecular formula is C26H21N3O7. The first-order valence-electron chi connectivity index (χ1n) is 11.1. The number of aryl methyl sites for hydroxylation is 1. The number of nitrogens with one attached hydrogen (secondary N) is 2. The maximum absolute atomic E-state index is 12.9. The quantitative estimate of drug-likeness (QED) is 0.403. The SMILES string of the molecule is Cc1ccc(-c2cc(C(=O)OCC(=O)NC(=O)Nc3ccc4c(c3)OCCO4)c3ccccc3n2)o1. The van der Waals surface area contributed by atoms with Gasteiger partial charge < -0.3 is 23.9 Å². The van der Waals surface area contributed by atoms with Crippen LogP contribution in [-0.2, 0) is 9.53 Å². The number of pyridine rings is 1. The minimum absolute atomic E-state index is 0.221. The number of aromatic nitrogens is 1. The number of hydrogen-bond donors (Lipinski definition) is 2. The summed E-state index contributed by atoms with van der Waals surface area (Å²) in [6, 6.07) is 16.3. The van der Waals surface area contributed by atoms with E-state index in [-0.39, 0.29) is 5.56 Å². The lowest BCUT2D eigenvalue weighted by Gasteiger charge is -2.19. The number of carbonyl (C=O) groups is 3. The van der Waals surface area contributed by atoms with E-state index in [0.29, 0.717) is 58.5 Å². The normalized spacial score (nSPS) is 12.1. The number of para-hydroxylation sites is 1. The molecule has 1 aliphatic rings. The summed E-state index contributed by atoms with van der Waals surface area (Å²) in [4.78, 5) is 41.9. The van der Waals surface area contributed by atoms with Gasteiger partial charge in [0, 0.05) is 17.1 Å². The molecule has 2 aromatic heterocycles. The van der Waals surface area contributed by atoms with Gasteiger partial charge >= 0.3 is 12.0 Å². The van der Waals surface area contributed by atoms with E-state index in [2.05, 4.69) is 15.6 Å². The van der Waals surface area contributed by atoms with Gasteiger partial charge in [-0.15, -0.1) is 0 Å². The number of anilines is 1. The molecule has 0 spiro atoms. The van der Waals surface area contributed by atoms with Crippen LogP contribution in [0.3, 0.4) is 0 Å². The fourth-order valence-electron chi connectivity index (χ4n) is 3.70. The van der Waals surface area contributed by atoms with Crippen molar-refractivity contribution >= 4 is 34.5 Å². The standard InChI is InChI=1S/C26H21N3O7/c1-15-6-8-21(36-15)20-13-18(17-4-2-3-5-19(17)28-20)25(31)35-14-24(30)29-26(32)27-16-7-9-22-23(12-16)34-11-10-33-22/h2-9,12-13H,10-11,14H2,1H3,(H2,27,29,30,32). The monoisotopic (exact) mass is 487 g/mol. The van der Waals surface area contributed by atoms with E-state index in [1.54, 1.807) is 60.7 Å². The summed E-state index contributed by atoms with van der Waals surface area (Å²) in [6.45, 7) is 2.01. The number of benzene rings is 2. The van der Waals surface area contributed by atoms with Crippen molar-refractivity contribution in [1.82, 2.24) is 10.3 Å². The minimum Gasteiger partial charge on any atom is -0.486 e. The molecule has 0 saturated heterocycles. The maximum Gasteiger partial charge on any atom is 0.339 e. The van der Waals surface area contributed by atoms with E-state index in [1.165, 1.54) is 0 Å². The second-order valence-corrected chi connectivity index (χ2v) is 7.92. The highest BCUT2D eigenvalue weighted by Gasteiger charge is 2.19. The van der Waals surface area contributed by atoms with Gasteiger partial charge in [-0.2, -0.15) is 0 Å². The van der Waals surface area contributed by atoms with Crippen LogP contribution in [0.25, 0.3) is 22.4 Å². The Morgan fingerprint density at radius 2 is 1.78 bits per heavy atom. The molecule has 0 fully saturated rings. The number of ether oxygens (including phenoxy) is 3. The molecule has 10 heteroatoms. The number of urea groups is 1. The van der Waals surface area contributed by atoms with Crippen LogP contribution in [0.4, 0.5) is 10.5 Å². The van der Waals surface area contributed by atoms with Crippen LogP contribution in [0.2, 0.25) is 0 Å². The molecule has 0 saturated carbocycles. The summed E-state index contributed by atoms with van der Waals surface area (Å²) in [5.74, 6) is 0.743. The lowest BCUT2D eigenvalue weighted by Crippen LogP contribution is -2.37. The lowest BCUT2D eigenvalue weighted by atomic mass is 10.1. The Labute approximate surface area is 205 Å². The largest absolute Gasteiger partial charge is 0.486 e. The molecule has 3 amide bonds. The smallest absolute Gasteiger partial charge is 0.339 e. The molecule has 4 aromatic rings. The number of imide groups is 1. The van der Waals surface area contributed by atoms with Crippen LogP contribution < -0.4 is 20.1 Å². The Morgan fingerprint density at radius 3 is 2.58 bits per heavy atom. The first kappa shape index (κ1) is 22.9. The molecule has 0 radical (unpaired) electrons. The van der Waals surface area contributed by atoms with Gasteiger partial charge in [-0.3, -0.25) is 10.1 Å². The highest BCUT2D eigenvalue weighted by atomic mass is 16.6. The van der Waals surface area contributed by atoms with Gasteiger partial charge in [-0.25, -0.2) is 14.6 Å². The van der Waals surface area contributed by atoms with Crippen molar-refractivity contribution in [3.63, 3.8) is 0 Å². The van der Waals surface area contributed by atoms with E-state index >= 15 is 0 Å². The first-order chi connectivity index (χ1) is 17.5. The Bertz CT molecular complexity index is 1480. The molecule has 5 rings (SSSR count). The Balaban J connectivity index is 1.23. The minimum atomic E-state index is -0.793. The average molecular weight is 487 g/mol. The molecular weight excluding hydrogens is 466 g/mol. The van der Waals surface area contributed by atoms with Gasteiger partial charge in [0.2, 0.25) is 0 Å². The van der Waals surface area contributed by atoms with Crippen LogP contribution in [0, 0.1) is 6.92 Å². The number of fused-ring (bicyclic) bond motifs is 2. The average Bonchev–Trinajstić information content (AvgIpc) is 3.32. The number of nitrogens with zero attached hydrogens (tertiary/aromatic N) is 1. The van der Waals surface area contributed by atoms with E-state index in [0.717, 1.165) is 0 Å². The van der Waals surface area contributed by atoms with Crippen molar-refractivity contribution in [2.45, 2.75) is 6.92 Å². The maximum atomic E-state index is 12.9. The number of carbonyl (C=O) groups excluding carboxylic acids is 3. The second kappa shape index (κ2) is 9.79. The molecule has 0 atom stereocenters. The van der Waals surface area contributed by atoms with E-state index in [4.69, 9.17) is 18.6 Å². The summed E-state index contributed by atoms with van der Waals surface area (Å²) in [6.07, 6.45) is 0. The number of rotatable bonds is 5. The number of amides is 3. The van der Waals surface area contributed by atoms with Crippen molar-refractivity contribution in [3.05, 3.63) is 72.0 Å². The van der Waals surface area contributed by atoms with Crippen molar-refractivity contribution in [1.29, 1.82) is 0 Å². The summed E-state index contributed by atoms with van der Waals surface area (Å²) < 4.78 is 21.7. The predicted octanol–water partition coefficient (Wildman–Crippen LogP) is 4.08. The van der Waals surface area contributed by atoms with Crippen LogP contribution in [0.15, 0.2) is 65.1 Å². The molecule has 2 aromatic carbocycles. The molecule has 0 bridgehead atoms. The molecule has 182 valence electrons. The highest BCUT2D eigenvalue weighted by molar-refractivity contribution is 6.06. The zero-order valence-corrected chi connectivity index (χ0v) is 19.2. The third kappa shape index (κ3) is 4.97. The van der Waals surface area contributed by atoms with Crippen LogP contribution >= 0.6 is 0 Å². The van der Waals surface area contributed by atoms with Crippen molar-refractivity contribution < 1.29 is 33.0 Å². The van der Waals surface area contributed by atoms with E-state index in [9.17, 15) is 14.4 Å². The molecule has 2 N–H and O–H groups in total. The first-order valence-corrected chi connectivity index (χ1v) is 11.1. The molecule has 3 heterocycles. The molecule has 10 nitrogen and oxygen atoms in total. The van der Waals surface area contributed by atoms with Gasteiger partial charge in [-0.1, -0.05) is 18.2 Å². The van der Waals surface area contributed by atoms with Crippen molar-refractivity contribution in [3.8, 4) is 23.0 Å². The summed E-state index contributed by atoms with van der Waals surface area (Å²) in [7, 11) is 0. The van der Waals surface area contributed by atoms with E-state index < -0.39 is 24.5 Å². The molecule has 0 unspecified atom stereocenters. The topological polar surface area (TPSA) is 129 Å². The molecule has 36 heavy (non-hydrogen) atoms. The van der Waals surface area contributed by atoms with E-state index in [1.807, 2.05) is 6.92 Å². The third-order valence-corrected chi connectivity index (χ3v) is 5.32. The number of hydrogen-bond acceptors (Lipinski definition) is 8. The zero-order valence-electron chi connectivity index (χ0n) is 19.2. The summed E-state index contributed by atoms with van der Waals surface area (Å²) >= 11 is 0. The number of furan rings is 1. The summed E-state index contributed by atoms with van der Waals surface area (Å²) in [5, 5.41) is 5.22. The predicted molar refractivity (Wildman–Crippen MR) is 129 cm³/mol. The van der Waals surface area contributed by atoms with Crippen LogP contribution in [-0.4, -0.2) is 42.7 Å². The molecule has 0 aliphatic carbocycles. The fourth-order valence-corrected chi connectivity index (χ4v) is 3.70. The second-order valence-electron chi connectivity index (χ2n) is 7.92. The highest BCUT2D eigenvalue weighted by Crippen LogP contribution is 2.32. The summed E-state index contributed by atoms with van der Waals surface area (Å²) in [5.41, 5.74) is 1.65. The van der Waals surface area contributed by atoms with Gasteiger partial charge in [0.1, 0.15) is 24.7 Å². The third-order valence-electron chi connectivity index (χ3n) is 5.32. The van der Waals surface area contributed by atoms with Crippen LogP contribution in [0.5, 0.6) is 11.5 Å². The Kier molecular flexibility index (Phi) is 6.23.